The summed E-state index contributed by atoms with van der Waals surface area (Å²) in [5.74, 6) is -0.782. The summed E-state index contributed by atoms with van der Waals surface area (Å²) in [6.07, 6.45) is 0.647. The summed E-state index contributed by atoms with van der Waals surface area (Å²) in [5.41, 5.74) is 4.85. The van der Waals surface area contributed by atoms with Gasteiger partial charge in [0, 0.05) is 29.9 Å². The molecule has 1 N–H and O–H groups in total. The van der Waals surface area contributed by atoms with Crippen LogP contribution in [0, 0.1) is 19.7 Å². The number of benzene rings is 2. The van der Waals surface area contributed by atoms with Crippen molar-refractivity contribution in [2.75, 3.05) is 31.2 Å². The molecule has 5 rings (SSSR count). The fourth-order valence-corrected chi connectivity index (χ4v) is 4.74. The largest absolute Gasteiger partial charge is 0.478 e. The Labute approximate surface area is 190 Å². The summed E-state index contributed by atoms with van der Waals surface area (Å²) in [7, 11) is 0. The Morgan fingerprint density at radius 1 is 1.15 bits per heavy atom. The second-order valence-corrected chi connectivity index (χ2v) is 8.28. The van der Waals surface area contributed by atoms with Crippen LogP contribution in [0.4, 0.5) is 10.1 Å². The molecule has 8 heteroatoms. The molecule has 170 valence electrons. The van der Waals surface area contributed by atoms with Crippen molar-refractivity contribution in [3.63, 3.8) is 0 Å². The van der Waals surface area contributed by atoms with Crippen LogP contribution < -0.4 is 4.90 Å². The lowest BCUT2D eigenvalue weighted by atomic mass is 10.0. The number of carboxylic acids is 1. The van der Waals surface area contributed by atoms with E-state index < -0.39 is 5.97 Å². The Hall–Kier alpha value is -3.52. The molecule has 1 aliphatic heterocycles. The highest BCUT2D eigenvalue weighted by molar-refractivity contribution is 6.04. The lowest BCUT2D eigenvalue weighted by Crippen LogP contribution is -2.36. The second-order valence-electron chi connectivity index (χ2n) is 8.28. The second kappa shape index (κ2) is 8.12. The number of anilines is 1. The summed E-state index contributed by atoms with van der Waals surface area (Å²) in [6.45, 7) is 8.35. The van der Waals surface area contributed by atoms with Crippen molar-refractivity contribution < 1.29 is 19.0 Å². The number of para-hydroxylation sites is 1. The van der Waals surface area contributed by atoms with E-state index in [2.05, 4.69) is 14.9 Å². The first kappa shape index (κ1) is 21.3. The number of aromatic carboxylic acids is 1. The van der Waals surface area contributed by atoms with E-state index in [1.165, 1.54) is 6.07 Å². The van der Waals surface area contributed by atoms with Gasteiger partial charge in [-0.1, -0.05) is 19.1 Å². The smallest absolute Gasteiger partial charge is 0.338 e. The zero-order valence-electron chi connectivity index (χ0n) is 18.9. The summed E-state index contributed by atoms with van der Waals surface area (Å²) in [5, 5.41) is 10.6. The molecule has 0 atom stereocenters. The van der Waals surface area contributed by atoms with E-state index in [0.717, 1.165) is 22.6 Å². The number of imidazole rings is 1. The molecule has 0 radical (unpaired) electrons. The van der Waals surface area contributed by atoms with Crippen molar-refractivity contribution in [3.8, 4) is 5.69 Å². The Bertz CT molecular complexity index is 1410. The zero-order valence-corrected chi connectivity index (χ0v) is 18.9. The molecule has 4 aromatic rings. The molecule has 1 fully saturated rings. The number of nitrogens with zero attached hydrogens (tertiary/aromatic N) is 4. The number of fused-ring (bicyclic) bond motifs is 2. The van der Waals surface area contributed by atoms with E-state index in [9.17, 15) is 14.3 Å². The van der Waals surface area contributed by atoms with Gasteiger partial charge in [0.1, 0.15) is 22.7 Å². The fourth-order valence-electron chi connectivity index (χ4n) is 4.74. The first-order valence-electron chi connectivity index (χ1n) is 11.1. The molecule has 33 heavy (non-hydrogen) atoms. The van der Waals surface area contributed by atoms with Crippen LogP contribution in [0.15, 0.2) is 30.3 Å². The molecule has 1 aliphatic rings. The fraction of sp³-hybridized carbons (Fsp3) is 0.320. The third-order valence-corrected chi connectivity index (χ3v) is 6.35. The predicted octanol–water partition coefficient (Wildman–Crippen LogP) is 4.43. The van der Waals surface area contributed by atoms with Gasteiger partial charge in [-0.15, -0.1) is 0 Å². The molecule has 0 saturated carbocycles. The van der Waals surface area contributed by atoms with E-state index >= 15 is 0 Å². The number of halogens is 1. The number of rotatable bonds is 4. The third-order valence-electron chi connectivity index (χ3n) is 6.35. The minimum absolute atomic E-state index is 0.147. The highest BCUT2D eigenvalue weighted by atomic mass is 19.1. The molecular weight excluding hydrogens is 423 g/mol. The van der Waals surface area contributed by atoms with Crippen molar-refractivity contribution in [1.82, 2.24) is 14.5 Å². The third kappa shape index (κ3) is 3.41. The van der Waals surface area contributed by atoms with E-state index in [0.29, 0.717) is 60.5 Å². The van der Waals surface area contributed by atoms with E-state index in [4.69, 9.17) is 4.74 Å². The molecule has 2 aromatic heterocycles. The summed E-state index contributed by atoms with van der Waals surface area (Å²) >= 11 is 0. The van der Waals surface area contributed by atoms with Crippen molar-refractivity contribution in [3.05, 3.63) is 58.8 Å². The van der Waals surface area contributed by atoms with Gasteiger partial charge in [0.05, 0.1) is 30.0 Å². The lowest BCUT2D eigenvalue weighted by Gasteiger charge is -2.29. The van der Waals surface area contributed by atoms with Gasteiger partial charge in [-0.05, 0) is 44.0 Å². The maximum absolute atomic E-state index is 14.8. The van der Waals surface area contributed by atoms with Gasteiger partial charge in [0.25, 0.3) is 0 Å². The first-order valence-corrected chi connectivity index (χ1v) is 11.1. The average Bonchev–Trinajstić information content (AvgIpc) is 3.14. The summed E-state index contributed by atoms with van der Waals surface area (Å²) in [6, 6.07) is 8.59. The Morgan fingerprint density at radius 2 is 1.91 bits per heavy atom. The number of aryl methyl sites for hydroxylation is 2. The maximum Gasteiger partial charge on any atom is 0.338 e. The standard InChI is InChI=1S/C25H25FN4O3/c1-4-20-14(2)24(17-6-5-7-19(26)22(17)28-20)30-15(3)27-23-18(25(31)32)12-16(13-21(23)30)29-8-10-33-11-9-29/h5-7,12-13H,4,8-11H2,1-3H3,(H,31,32). The number of carbonyl (C=O) groups is 1. The first-order chi connectivity index (χ1) is 15.9. The number of hydrogen-bond donors (Lipinski definition) is 1. The maximum atomic E-state index is 14.8. The molecule has 0 amide bonds. The van der Waals surface area contributed by atoms with Gasteiger partial charge in [-0.3, -0.25) is 4.57 Å². The SMILES string of the molecule is CCc1nc2c(F)cccc2c(-n2c(C)nc3c(C(=O)O)cc(N4CCOCC4)cc32)c1C. The van der Waals surface area contributed by atoms with Crippen LogP contribution in [0.2, 0.25) is 0 Å². The minimum Gasteiger partial charge on any atom is -0.478 e. The van der Waals surface area contributed by atoms with Crippen LogP contribution in [0.5, 0.6) is 0 Å². The number of carboxylic acid groups (broad SMARTS) is 1. The molecule has 0 bridgehead atoms. The van der Waals surface area contributed by atoms with Crippen LogP contribution >= 0.6 is 0 Å². The van der Waals surface area contributed by atoms with Gasteiger partial charge in [-0.25, -0.2) is 19.2 Å². The molecule has 0 spiro atoms. The molecule has 2 aromatic carbocycles. The van der Waals surface area contributed by atoms with Crippen LogP contribution in [0.3, 0.4) is 0 Å². The molecule has 3 heterocycles. The number of hydrogen-bond acceptors (Lipinski definition) is 5. The van der Waals surface area contributed by atoms with Gasteiger partial charge >= 0.3 is 5.97 Å². The van der Waals surface area contributed by atoms with Crippen molar-refractivity contribution >= 4 is 33.6 Å². The zero-order chi connectivity index (χ0) is 23.3. The molecule has 1 saturated heterocycles. The van der Waals surface area contributed by atoms with E-state index in [1.54, 1.807) is 12.1 Å². The summed E-state index contributed by atoms with van der Waals surface area (Å²) < 4.78 is 22.2. The highest BCUT2D eigenvalue weighted by Gasteiger charge is 2.24. The molecule has 0 unspecified atom stereocenters. The van der Waals surface area contributed by atoms with E-state index in [1.807, 2.05) is 37.5 Å². The number of morpholine rings is 1. The minimum atomic E-state index is -1.03. The topological polar surface area (TPSA) is 80.5 Å². The average molecular weight is 448 g/mol. The van der Waals surface area contributed by atoms with Gasteiger partial charge in [-0.2, -0.15) is 0 Å². The normalized spacial score (nSPS) is 14.4. The monoisotopic (exact) mass is 448 g/mol. The van der Waals surface area contributed by atoms with Gasteiger partial charge < -0.3 is 14.7 Å². The van der Waals surface area contributed by atoms with E-state index in [-0.39, 0.29) is 11.4 Å². The van der Waals surface area contributed by atoms with Crippen LogP contribution in [0.1, 0.15) is 34.4 Å². The van der Waals surface area contributed by atoms with Crippen LogP contribution in [-0.4, -0.2) is 51.9 Å². The van der Waals surface area contributed by atoms with Crippen molar-refractivity contribution in [2.24, 2.45) is 0 Å². The summed E-state index contributed by atoms with van der Waals surface area (Å²) in [4.78, 5) is 23.5. The number of ether oxygens (including phenoxy) is 1. The Balaban J connectivity index is 1.88. The Morgan fingerprint density at radius 3 is 2.61 bits per heavy atom. The number of pyridine rings is 1. The predicted molar refractivity (Wildman–Crippen MR) is 125 cm³/mol. The highest BCUT2D eigenvalue weighted by Crippen LogP contribution is 2.35. The van der Waals surface area contributed by atoms with Crippen LogP contribution in [0.25, 0.3) is 27.6 Å². The lowest BCUT2D eigenvalue weighted by molar-refractivity contribution is 0.0699. The van der Waals surface area contributed by atoms with Crippen LogP contribution in [-0.2, 0) is 11.2 Å². The molecule has 7 nitrogen and oxygen atoms in total. The quantitative estimate of drug-likeness (QED) is 0.498. The molecular formula is C25H25FN4O3. The van der Waals surface area contributed by atoms with Gasteiger partial charge in [0.15, 0.2) is 0 Å². The van der Waals surface area contributed by atoms with Gasteiger partial charge in [0.2, 0.25) is 0 Å². The van der Waals surface area contributed by atoms with Crippen molar-refractivity contribution in [1.29, 1.82) is 0 Å². The Kier molecular flexibility index (Phi) is 5.25. The van der Waals surface area contributed by atoms with Crippen molar-refractivity contribution in [2.45, 2.75) is 27.2 Å². The number of aromatic nitrogens is 3. The molecule has 0 aliphatic carbocycles.